The molecule has 0 aliphatic heterocycles. The van der Waals surface area contributed by atoms with Crippen molar-refractivity contribution in [2.75, 3.05) is 18.4 Å². The number of nitrogens with two attached hydrogens (primary N) is 1. The minimum atomic E-state index is -0.332. The molecule has 0 fully saturated rings. The van der Waals surface area contributed by atoms with Crippen LogP contribution in [0, 0.1) is 5.92 Å². The van der Waals surface area contributed by atoms with Crippen LogP contribution < -0.4 is 16.4 Å². The maximum atomic E-state index is 11.9. The van der Waals surface area contributed by atoms with Crippen molar-refractivity contribution in [2.45, 2.75) is 13.8 Å². The molecule has 0 aromatic heterocycles. The standard InChI is InChI=1S/C13H18ClN3O2/c1-3-16-13(19)10-5-4-9(14)6-11(10)17-12(18)8(2)7-15/h4-6,8H,3,7,15H2,1-2H3,(H,16,19)(H,17,18). The molecule has 0 spiro atoms. The first-order chi connectivity index (χ1) is 8.99. The first kappa shape index (κ1) is 15.5. The molecule has 1 unspecified atom stereocenters. The van der Waals surface area contributed by atoms with Crippen LogP contribution in [-0.4, -0.2) is 24.9 Å². The number of amides is 2. The van der Waals surface area contributed by atoms with Gasteiger partial charge in [0.1, 0.15) is 0 Å². The number of carbonyl (C=O) groups is 2. The summed E-state index contributed by atoms with van der Waals surface area (Å²) >= 11 is 5.89. The maximum absolute atomic E-state index is 11.9. The van der Waals surface area contributed by atoms with Crippen LogP contribution in [0.4, 0.5) is 5.69 Å². The average Bonchev–Trinajstić information content (AvgIpc) is 2.38. The van der Waals surface area contributed by atoms with Gasteiger partial charge in [-0.1, -0.05) is 18.5 Å². The predicted molar refractivity (Wildman–Crippen MR) is 76.3 cm³/mol. The van der Waals surface area contributed by atoms with Crippen LogP contribution in [0.25, 0.3) is 0 Å². The summed E-state index contributed by atoms with van der Waals surface area (Å²) in [6.07, 6.45) is 0. The summed E-state index contributed by atoms with van der Waals surface area (Å²) in [7, 11) is 0. The van der Waals surface area contributed by atoms with Gasteiger partial charge in [0, 0.05) is 24.0 Å². The number of hydrogen-bond acceptors (Lipinski definition) is 3. The number of hydrogen-bond donors (Lipinski definition) is 3. The quantitative estimate of drug-likeness (QED) is 0.768. The number of rotatable bonds is 5. The summed E-state index contributed by atoms with van der Waals surface area (Å²) in [5.41, 5.74) is 6.21. The Labute approximate surface area is 117 Å². The molecule has 0 aliphatic rings. The Hall–Kier alpha value is -1.59. The SMILES string of the molecule is CCNC(=O)c1ccc(Cl)cc1NC(=O)C(C)CN. The van der Waals surface area contributed by atoms with Crippen LogP contribution in [0.5, 0.6) is 0 Å². The fraction of sp³-hybridized carbons (Fsp3) is 0.385. The molecule has 104 valence electrons. The van der Waals surface area contributed by atoms with E-state index in [1.807, 2.05) is 6.92 Å². The zero-order valence-corrected chi connectivity index (χ0v) is 11.8. The van der Waals surface area contributed by atoms with Crippen molar-refractivity contribution in [3.05, 3.63) is 28.8 Å². The smallest absolute Gasteiger partial charge is 0.253 e. The highest BCUT2D eigenvalue weighted by atomic mass is 35.5. The Balaban J connectivity index is 3.00. The number of carbonyl (C=O) groups excluding carboxylic acids is 2. The van der Waals surface area contributed by atoms with Gasteiger partial charge in [-0.25, -0.2) is 0 Å². The number of anilines is 1. The van der Waals surface area contributed by atoms with Crippen LogP contribution in [0.2, 0.25) is 5.02 Å². The lowest BCUT2D eigenvalue weighted by Crippen LogP contribution is -2.29. The molecule has 0 radical (unpaired) electrons. The molecule has 4 N–H and O–H groups in total. The molecule has 1 aromatic carbocycles. The van der Waals surface area contributed by atoms with Crippen LogP contribution in [-0.2, 0) is 4.79 Å². The van der Waals surface area contributed by atoms with Gasteiger partial charge in [0.15, 0.2) is 0 Å². The molecule has 5 nitrogen and oxygen atoms in total. The highest BCUT2D eigenvalue weighted by Crippen LogP contribution is 2.21. The lowest BCUT2D eigenvalue weighted by Gasteiger charge is -2.14. The summed E-state index contributed by atoms with van der Waals surface area (Å²) < 4.78 is 0. The minimum Gasteiger partial charge on any atom is -0.352 e. The second kappa shape index (κ2) is 7.11. The van der Waals surface area contributed by atoms with Gasteiger partial charge in [0.05, 0.1) is 11.3 Å². The largest absolute Gasteiger partial charge is 0.352 e. The van der Waals surface area contributed by atoms with Crippen molar-refractivity contribution in [3.63, 3.8) is 0 Å². The molecule has 6 heteroatoms. The van der Waals surface area contributed by atoms with Crippen LogP contribution >= 0.6 is 11.6 Å². The van der Waals surface area contributed by atoms with Crippen LogP contribution in [0.15, 0.2) is 18.2 Å². The minimum absolute atomic E-state index is 0.239. The Bertz CT molecular complexity index is 477. The molecule has 1 rings (SSSR count). The Morgan fingerprint density at radius 2 is 2.11 bits per heavy atom. The van der Waals surface area contributed by atoms with Gasteiger partial charge in [-0.3, -0.25) is 9.59 Å². The lowest BCUT2D eigenvalue weighted by molar-refractivity contribution is -0.119. The van der Waals surface area contributed by atoms with E-state index in [0.717, 1.165) is 0 Å². The monoisotopic (exact) mass is 283 g/mol. The van der Waals surface area contributed by atoms with Gasteiger partial charge < -0.3 is 16.4 Å². The zero-order valence-electron chi connectivity index (χ0n) is 11.0. The summed E-state index contributed by atoms with van der Waals surface area (Å²) in [5.74, 6) is -0.828. The third kappa shape index (κ3) is 4.22. The third-order valence-corrected chi connectivity index (χ3v) is 2.86. The topological polar surface area (TPSA) is 84.2 Å². The Morgan fingerprint density at radius 3 is 2.68 bits per heavy atom. The Morgan fingerprint density at radius 1 is 1.42 bits per heavy atom. The molecule has 0 saturated carbocycles. The molecule has 2 amide bonds. The lowest BCUT2D eigenvalue weighted by atomic mass is 10.1. The van der Waals surface area contributed by atoms with E-state index in [1.165, 1.54) is 0 Å². The molecular weight excluding hydrogens is 266 g/mol. The van der Waals surface area contributed by atoms with E-state index in [1.54, 1.807) is 25.1 Å². The zero-order chi connectivity index (χ0) is 14.4. The van der Waals surface area contributed by atoms with Crippen molar-refractivity contribution in [1.29, 1.82) is 0 Å². The van der Waals surface area contributed by atoms with Crippen molar-refractivity contribution < 1.29 is 9.59 Å². The first-order valence-corrected chi connectivity index (χ1v) is 6.46. The van der Waals surface area contributed by atoms with Crippen molar-refractivity contribution in [3.8, 4) is 0 Å². The number of nitrogens with one attached hydrogen (secondary N) is 2. The normalized spacial score (nSPS) is 11.8. The van der Waals surface area contributed by atoms with E-state index in [0.29, 0.717) is 22.8 Å². The van der Waals surface area contributed by atoms with Gasteiger partial charge in [-0.05, 0) is 25.1 Å². The van der Waals surface area contributed by atoms with Crippen LogP contribution in [0.3, 0.4) is 0 Å². The molecule has 19 heavy (non-hydrogen) atoms. The van der Waals surface area contributed by atoms with Crippen LogP contribution in [0.1, 0.15) is 24.2 Å². The van der Waals surface area contributed by atoms with E-state index in [-0.39, 0.29) is 24.3 Å². The fourth-order valence-corrected chi connectivity index (χ4v) is 1.61. The molecule has 1 atom stereocenters. The van der Waals surface area contributed by atoms with Crippen molar-refractivity contribution in [1.82, 2.24) is 5.32 Å². The molecule has 0 heterocycles. The highest BCUT2D eigenvalue weighted by Gasteiger charge is 2.16. The van der Waals surface area contributed by atoms with Gasteiger partial charge in [-0.15, -0.1) is 0 Å². The van der Waals surface area contributed by atoms with E-state index in [2.05, 4.69) is 10.6 Å². The molecule has 1 aromatic rings. The van der Waals surface area contributed by atoms with E-state index in [4.69, 9.17) is 17.3 Å². The Kier molecular flexibility index (Phi) is 5.79. The number of benzene rings is 1. The van der Waals surface area contributed by atoms with E-state index >= 15 is 0 Å². The van der Waals surface area contributed by atoms with Crippen molar-refractivity contribution >= 4 is 29.1 Å². The summed E-state index contributed by atoms with van der Waals surface area (Å²) in [6, 6.07) is 4.73. The summed E-state index contributed by atoms with van der Waals surface area (Å²) in [6.45, 7) is 4.28. The highest BCUT2D eigenvalue weighted by molar-refractivity contribution is 6.31. The van der Waals surface area contributed by atoms with Gasteiger partial charge in [0.25, 0.3) is 5.91 Å². The third-order valence-electron chi connectivity index (χ3n) is 2.62. The predicted octanol–water partition coefficient (Wildman–Crippen LogP) is 1.62. The summed E-state index contributed by atoms with van der Waals surface area (Å²) in [4.78, 5) is 23.7. The molecule has 0 saturated heterocycles. The second-order valence-electron chi connectivity index (χ2n) is 4.18. The fourth-order valence-electron chi connectivity index (χ4n) is 1.44. The van der Waals surface area contributed by atoms with Gasteiger partial charge in [-0.2, -0.15) is 0 Å². The molecular formula is C13H18ClN3O2. The summed E-state index contributed by atoms with van der Waals surface area (Å²) in [5, 5.41) is 5.81. The molecule has 0 bridgehead atoms. The van der Waals surface area contributed by atoms with Gasteiger partial charge in [0.2, 0.25) is 5.91 Å². The van der Waals surface area contributed by atoms with E-state index in [9.17, 15) is 9.59 Å². The second-order valence-corrected chi connectivity index (χ2v) is 4.61. The number of halogens is 1. The average molecular weight is 284 g/mol. The van der Waals surface area contributed by atoms with Gasteiger partial charge >= 0.3 is 0 Å². The van der Waals surface area contributed by atoms with Crippen molar-refractivity contribution in [2.24, 2.45) is 11.7 Å². The molecule has 0 aliphatic carbocycles. The first-order valence-electron chi connectivity index (χ1n) is 6.08. The maximum Gasteiger partial charge on any atom is 0.253 e. The van der Waals surface area contributed by atoms with E-state index < -0.39 is 0 Å².